The highest BCUT2D eigenvalue weighted by molar-refractivity contribution is 5.69. The topological polar surface area (TPSA) is 76.1 Å². The van der Waals surface area contributed by atoms with Gasteiger partial charge in [0.15, 0.2) is 0 Å². The SMILES string of the molecule is CCCCCCCCC(C)OC(=O)CCCCCN(CCO)CCCCCC(=O)OC(CCCCCCCC)CCCCCCCC. The van der Waals surface area contributed by atoms with E-state index in [9.17, 15) is 14.7 Å². The first-order chi connectivity index (χ1) is 23.0. The average Bonchev–Trinajstić information content (AvgIpc) is 3.05. The van der Waals surface area contributed by atoms with E-state index >= 15 is 0 Å². The number of nitrogens with zero attached hydrogens (tertiary/aromatic N) is 1. The number of rotatable bonds is 37. The Kier molecular flexibility index (Phi) is 35.3. The molecular formula is C41H81NO5. The van der Waals surface area contributed by atoms with Gasteiger partial charge in [0, 0.05) is 19.4 Å². The van der Waals surface area contributed by atoms with Gasteiger partial charge in [-0.1, -0.05) is 130 Å². The molecule has 47 heavy (non-hydrogen) atoms. The van der Waals surface area contributed by atoms with Crippen molar-refractivity contribution in [1.82, 2.24) is 4.90 Å². The normalized spacial score (nSPS) is 12.2. The molecule has 1 unspecified atom stereocenters. The lowest BCUT2D eigenvalue weighted by Gasteiger charge is -2.21. The zero-order valence-electron chi connectivity index (χ0n) is 32.0. The first kappa shape index (κ1) is 45.9. The number of carbonyl (C=O) groups is 2. The smallest absolute Gasteiger partial charge is 0.306 e. The van der Waals surface area contributed by atoms with Crippen LogP contribution in [-0.4, -0.2) is 60.4 Å². The van der Waals surface area contributed by atoms with Gasteiger partial charge in [-0.2, -0.15) is 0 Å². The summed E-state index contributed by atoms with van der Waals surface area (Å²) in [6, 6.07) is 0. The number of hydrogen-bond acceptors (Lipinski definition) is 6. The van der Waals surface area contributed by atoms with E-state index in [0.717, 1.165) is 77.3 Å². The number of carbonyl (C=O) groups excluding carboxylic acids is 2. The van der Waals surface area contributed by atoms with Crippen molar-refractivity contribution in [1.29, 1.82) is 0 Å². The molecule has 0 aliphatic heterocycles. The number of aliphatic hydroxyl groups is 1. The molecule has 0 heterocycles. The summed E-state index contributed by atoms with van der Waals surface area (Å²) >= 11 is 0. The molecule has 0 bridgehead atoms. The lowest BCUT2D eigenvalue weighted by atomic mass is 10.0. The van der Waals surface area contributed by atoms with E-state index in [0.29, 0.717) is 19.4 Å². The highest BCUT2D eigenvalue weighted by Crippen LogP contribution is 2.18. The summed E-state index contributed by atoms with van der Waals surface area (Å²) in [4.78, 5) is 27.2. The predicted molar refractivity (Wildman–Crippen MR) is 200 cm³/mol. The van der Waals surface area contributed by atoms with Crippen LogP contribution in [0.15, 0.2) is 0 Å². The molecule has 0 aromatic heterocycles. The van der Waals surface area contributed by atoms with Gasteiger partial charge in [0.05, 0.1) is 12.7 Å². The maximum atomic E-state index is 12.7. The standard InChI is InChI=1S/C41H81NO5/c1-5-8-11-14-17-22-29-38(4)46-40(44)32-25-20-27-34-42(36-37-43)35-28-21-26-33-41(45)47-39(30-23-18-15-12-9-6-2)31-24-19-16-13-10-7-3/h38-39,43H,5-37H2,1-4H3. The Morgan fingerprint density at radius 2 is 0.872 bits per heavy atom. The van der Waals surface area contributed by atoms with Gasteiger partial charge in [0.2, 0.25) is 0 Å². The minimum atomic E-state index is -0.0645. The number of unbranched alkanes of at least 4 members (excludes halogenated alkanes) is 19. The van der Waals surface area contributed by atoms with E-state index in [1.54, 1.807) is 0 Å². The third-order valence-corrected chi connectivity index (χ3v) is 9.48. The van der Waals surface area contributed by atoms with Crippen molar-refractivity contribution in [3.05, 3.63) is 0 Å². The van der Waals surface area contributed by atoms with Gasteiger partial charge in [-0.05, 0) is 84.2 Å². The molecule has 0 aliphatic rings. The van der Waals surface area contributed by atoms with Crippen LogP contribution in [0.1, 0.15) is 214 Å². The number of ether oxygens (including phenoxy) is 2. The molecule has 0 aromatic rings. The molecule has 0 saturated heterocycles. The molecule has 1 N–H and O–H groups in total. The fourth-order valence-electron chi connectivity index (χ4n) is 6.41. The molecule has 6 heteroatoms. The highest BCUT2D eigenvalue weighted by atomic mass is 16.5. The van der Waals surface area contributed by atoms with Crippen molar-refractivity contribution >= 4 is 11.9 Å². The summed E-state index contributed by atoms with van der Waals surface area (Å²) in [5, 5.41) is 9.54. The number of hydrogen-bond donors (Lipinski definition) is 1. The van der Waals surface area contributed by atoms with E-state index < -0.39 is 0 Å². The molecule has 0 aliphatic carbocycles. The lowest BCUT2D eigenvalue weighted by molar-refractivity contribution is -0.150. The van der Waals surface area contributed by atoms with Crippen molar-refractivity contribution in [3.8, 4) is 0 Å². The van der Waals surface area contributed by atoms with Crippen molar-refractivity contribution in [2.24, 2.45) is 0 Å². The van der Waals surface area contributed by atoms with Crippen molar-refractivity contribution in [2.75, 3.05) is 26.2 Å². The van der Waals surface area contributed by atoms with Crippen LogP contribution in [0.3, 0.4) is 0 Å². The molecule has 0 aromatic carbocycles. The maximum absolute atomic E-state index is 12.7. The number of esters is 2. The van der Waals surface area contributed by atoms with Crippen LogP contribution < -0.4 is 0 Å². The summed E-state index contributed by atoms with van der Waals surface area (Å²) in [6.07, 6.45) is 32.7. The van der Waals surface area contributed by atoms with Crippen LogP contribution in [0.4, 0.5) is 0 Å². The molecule has 280 valence electrons. The molecule has 6 nitrogen and oxygen atoms in total. The molecule has 0 radical (unpaired) electrons. The second-order valence-corrected chi connectivity index (χ2v) is 14.3. The highest BCUT2D eigenvalue weighted by Gasteiger charge is 2.15. The minimum Gasteiger partial charge on any atom is -0.463 e. The molecule has 1 atom stereocenters. The second-order valence-electron chi connectivity index (χ2n) is 14.3. The van der Waals surface area contributed by atoms with Gasteiger partial charge in [-0.3, -0.25) is 9.59 Å². The van der Waals surface area contributed by atoms with E-state index in [1.165, 1.54) is 109 Å². The molecule has 0 saturated carbocycles. The Morgan fingerprint density at radius 1 is 0.489 bits per heavy atom. The summed E-state index contributed by atoms with van der Waals surface area (Å²) in [5.41, 5.74) is 0. The Hall–Kier alpha value is -1.14. The van der Waals surface area contributed by atoms with E-state index in [1.807, 2.05) is 6.92 Å². The van der Waals surface area contributed by atoms with Crippen LogP contribution in [0.2, 0.25) is 0 Å². The van der Waals surface area contributed by atoms with Gasteiger partial charge in [0.25, 0.3) is 0 Å². The molecule has 0 rings (SSSR count). The van der Waals surface area contributed by atoms with Crippen LogP contribution in [0, 0.1) is 0 Å². The zero-order chi connectivity index (χ0) is 34.6. The van der Waals surface area contributed by atoms with Gasteiger partial charge < -0.3 is 19.5 Å². The summed E-state index contributed by atoms with van der Waals surface area (Å²) in [5.74, 6) is -0.0835. The quantitative estimate of drug-likeness (QED) is 0.0525. The van der Waals surface area contributed by atoms with Gasteiger partial charge >= 0.3 is 11.9 Å². The first-order valence-electron chi connectivity index (χ1n) is 20.7. The first-order valence-corrected chi connectivity index (χ1v) is 20.7. The van der Waals surface area contributed by atoms with Crippen LogP contribution in [-0.2, 0) is 19.1 Å². The number of aliphatic hydroxyl groups excluding tert-OH is 1. The van der Waals surface area contributed by atoms with Gasteiger partial charge in [0.1, 0.15) is 6.10 Å². The third kappa shape index (κ3) is 33.1. The Balaban J connectivity index is 4.14. The lowest BCUT2D eigenvalue weighted by Crippen LogP contribution is -2.29. The third-order valence-electron chi connectivity index (χ3n) is 9.48. The summed E-state index contributed by atoms with van der Waals surface area (Å²) in [7, 11) is 0. The molecule has 0 fully saturated rings. The fraction of sp³-hybridized carbons (Fsp3) is 0.951. The van der Waals surface area contributed by atoms with Crippen LogP contribution in [0.5, 0.6) is 0 Å². The average molecular weight is 668 g/mol. The molecule has 0 spiro atoms. The van der Waals surface area contributed by atoms with Crippen LogP contribution >= 0.6 is 0 Å². The van der Waals surface area contributed by atoms with Crippen LogP contribution in [0.25, 0.3) is 0 Å². The van der Waals surface area contributed by atoms with E-state index in [4.69, 9.17) is 9.47 Å². The Morgan fingerprint density at radius 3 is 1.32 bits per heavy atom. The monoisotopic (exact) mass is 668 g/mol. The maximum Gasteiger partial charge on any atom is 0.306 e. The molecule has 0 amide bonds. The van der Waals surface area contributed by atoms with E-state index in [-0.39, 0.29) is 30.8 Å². The Labute approximate surface area is 292 Å². The minimum absolute atomic E-state index is 0.0190. The summed E-state index contributed by atoms with van der Waals surface area (Å²) in [6.45, 7) is 11.5. The van der Waals surface area contributed by atoms with Gasteiger partial charge in [-0.15, -0.1) is 0 Å². The second kappa shape index (κ2) is 36.1. The molecular weight excluding hydrogens is 586 g/mol. The van der Waals surface area contributed by atoms with Crippen molar-refractivity contribution in [3.63, 3.8) is 0 Å². The predicted octanol–water partition coefficient (Wildman–Crippen LogP) is 11.5. The van der Waals surface area contributed by atoms with Crippen molar-refractivity contribution < 1.29 is 24.2 Å². The Bertz CT molecular complexity index is 656. The summed E-state index contributed by atoms with van der Waals surface area (Å²) < 4.78 is 11.6. The largest absolute Gasteiger partial charge is 0.463 e. The fourth-order valence-corrected chi connectivity index (χ4v) is 6.41. The van der Waals surface area contributed by atoms with Gasteiger partial charge in [-0.25, -0.2) is 0 Å². The van der Waals surface area contributed by atoms with E-state index in [2.05, 4.69) is 25.7 Å². The van der Waals surface area contributed by atoms with Crippen molar-refractivity contribution in [2.45, 2.75) is 226 Å². The zero-order valence-corrected chi connectivity index (χ0v) is 32.0.